The molecule has 1 rings (SSSR count). The van der Waals surface area contributed by atoms with Gasteiger partial charge in [-0.05, 0) is 89.9 Å². The summed E-state index contributed by atoms with van der Waals surface area (Å²) in [6.07, 6.45) is 44.6. The Morgan fingerprint density at radius 3 is 1.52 bits per heavy atom. The normalized spacial score (nSPS) is 20.5. The molecule has 0 aromatic heterocycles. The number of esters is 2. The van der Waals surface area contributed by atoms with Crippen LogP contribution in [0.15, 0.2) is 97.2 Å². The fraction of sp³-hybridized carbons (Fsp3) is 0.647. The molecule has 6 atom stereocenters. The molecule has 0 radical (unpaired) electrons. The summed E-state index contributed by atoms with van der Waals surface area (Å²) < 4.78 is 54.0. The Morgan fingerprint density at radius 1 is 0.547 bits per heavy atom. The molecule has 4 N–H and O–H groups in total. The third kappa shape index (κ3) is 34.0. The summed E-state index contributed by atoms with van der Waals surface area (Å²) in [6, 6.07) is 0. The maximum absolute atomic E-state index is 12.8. The van der Waals surface area contributed by atoms with Gasteiger partial charge in [-0.3, -0.25) is 14.1 Å². The van der Waals surface area contributed by atoms with Crippen LogP contribution in [0.5, 0.6) is 0 Å². The number of ether oxygens (including phenoxy) is 4. The molecule has 0 amide bonds. The number of unbranched alkanes of at least 4 members (excludes halogenated alkanes) is 10. The van der Waals surface area contributed by atoms with E-state index in [0.717, 1.165) is 64.2 Å². The summed E-state index contributed by atoms with van der Waals surface area (Å²) in [5.41, 5.74) is 0. The molecule has 64 heavy (non-hydrogen) atoms. The van der Waals surface area contributed by atoms with Gasteiger partial charge in [-0.15, -0.1) is 0 Å². The smallest absolute Gasteiger partial charge is 0.306 e. The zero-order valence-corrected chi connectivity index (χ0v) is 39.7. The Bertz CT molecular complexity index is 1540. The summed E-state index contributed by atoms with van der Waals surface area (Å²) in [5, 5.41) is 30.9. The zero-order valence-electron chi connectivity index (χ0n) is 38.8. The van der Waals surface area contributed by atoms with Gasteiger partial charge in [-0.25, -0.2) is 0 Å². The molecule has 13 heteroatoms. The summed E-state index contributed by atoms with van der Waals surface area (Å²) in [6.45, 7) is 3.55. The highest BCUT2D eigenvalue weighted by Crippen LogP contribution is 2.24. The topological polar surface area (TPSA) is 186 Å². The molecule has 364 valence electrons. The fourth-order valence-corrected chi connectivity index (χ4v) is 7.17. The van der Waals surface area contributed by atoms with Gasteiger partial charge >= 0.3 is 11.9 Å². The van der Waals surface area contributed by atoms with Crippen LogP contribution in [0.3, 0.4) is 0 Å². The van der Waals surface area contributed by atoms with Crippen molar-refractivity contribution in [3.05, 3.63) is 97.2 Å². The molecule has 0 spiro atoms. The highest BCUT2D eigenvalue weighted by molar-refractivity contribution is 7.85. The molecular formula is C51H82O12S. The molecular weight excluding hydrogens is 837 g/mol. The highest BCUT2D eigenvalue weighted by Gasteiger charge is 2.46. The van der Waals surface area contributed by atoms with E-state index < -0.39 is 71.2 Å². The van der Waals surface area contributed by atoms with Crippen LogP contribution >= 0.6 is 0 Å². The molecule has 1 aliphatic rings. The van der Waals surface area contributed by atoms with E-state index in [2.05, 4.69) is 98.9 Å². The number of carbonyl (C=O) groups excluding carboxylic acids is 2. The molecule has 0 aromatic carbocycles. The van der Waals surface area contributed by atoms with Gasteiger partial charge in [0.15, 0.2) is 12.4 Å². The number of hydrogen-bond donors (Lipinski definition) is 4. The molecule has 0 aliphatic carbocycles. The van der Waals surface area contributed by atoms with Crippen molar-refractivity contribution < 1.29 is 56.8 Å². The maximum Gasteiger partial charge on any atom is 0.306 e. The van der Waals surface area contributed by atoms with E-state index in [0.29, 0.717) is 19.3 Å². The van der Waals surface area contributed by atoms with Crippen molar-refractivity contribution in [2.24, 2.45) is 0 Å². The van der Waals surface area contributed by atoms with Crippen molar-refractivity contribution >= 4 is 22.1 Å². The Morgan fingerprint density at radius 2 is 1.00 bits per heavy atom. The molecule has 0 bridgehead atoms. The van der Waals surface area contributed by atoms with Gasteiger partial charge in [0, 0.05) is 12.8 Å². The van der Waals surface area contributed by atoms with E-state index in [9.17, 15) is 37.9 Å². The molecule has 1 heterocycles. The lowest BCUT2D eigenvalue weighted by Gasteiger charge is -2.40. The molecule has 2 unspecified atom stereocenters. The van der Waals surface area contributed by atoms with E-state index in [-0.39, 0.29) is 19.4 Å². The molecule has 1 saturated heterocycles. The lowest BCUT2D eigenvalue weighted by atomic mass is 10.00. The Hall–Kier alpha value is -3.43. The average molecular weight is 919 g/mol. The number of allylic oxidation sites excluding steroid dienone is 16. The van der Waals surface area contributed by atoms with Crippen LogP contribution in [-0.2, 0) is 38.7 Å². The highest BCUT2D eigenvalue weighted by atomic mass is 32.2. The van der Waals surface area contributed by atoms with Gasteiger partial charge in [-0.1, -0.05) is 150 Å². The lowest BCUT2D eigenvalue weighted by molar-refractivity contribution is -0.297. The minimum atomic E-state index is -4.62. The van der Waals surface area contributed by atoms with Crippen LogP contribution in [0, 0.1) is 0 Å². The van der Waals surface area contributed by atoms with E-state index in [1.807, 2.05) is 12.2 Å². The first-order valence-electron chi connectivity index (χ1n) is 23.8. The predicted molar refractivity (Wildman–Crippen MR) is 256 cm³/mol. The number of hydrogen-bond acceptors (Lipinski definition) is 11. The quantitative estimate of drug-likeness (QED) is 0.0199. The number of carbonyl (C=O) groups is 2. The van der Waals surface area contributed by atoms with E-state index >= 15 is 0 Å². The van der Waals surface area contributed by atoms with Gasteiger partial charge in [0.1, 0.15) is 36.8 Å². The lowest BCUT2D eigenvalue weighted by Crippen LogP contribution is -2.60. The van der Waals surface area contributed by atoms with E-state index in [1.54, 1.807) is 0 Å². The maximum atomic E-state index is 12.8. The Labute approximate surface area is 385 Å². The van der Waals surface area contributed by atoms with Gasteiger partial charge in [0.25, 0.3) is 10.1 Å². The van der Waals surface area contributed by atoms with Crippen molar-refractivity contribution in [2.75, 3.05) is 19.0 Å². The average Bonchev–Trinajstić information content (AvgIpc) is 3.26. The first-order chi connectivity index (χ1) is 31.0. The Kier molecular flexibility index (Phi) is 36.5. The fourth-order valence-electron chi connectivity index (χ4n) is 6.48. The Balaban J connectivity index is 2.49. The monoisotopic (exact) mass is 919 g/mol. The van der Waals surface area contributed by atoms with Crippen LogP contribution < -0.4 is 0 Å². The minimum Gasteiger partial charge on any atom is -0.462 e. The third-order valence-electron chi connectivity index (χ3n) is 10.1. The first-order valence-corrected chi connectivity index (χ1v) is 25.4. The molecule has 12 nitrogen and oxygen atoms in total. The largest absolute Gasteiger partial charge is 0.462 e. The molecule has 0 aromatic rings. The standard InChI is InChI=1S/C51H82O12S/c1-3-5-7-9-11-13-15-17-19-20-21-22-23-24-26-27-29-31-33-35-37-39-46(52)60-41-44(42-61-51-50(56)49(55)48(54)45(63-51)43-64(57,58)59)62-47(53)40-38-36-34-32-30-28-25-18-16-14-12-10-8-6-4-2/h6,8,12,14,18-20,22-23,25-27,30-33,44-45,48-51,54-56H,3-5,7,9-11,13,15-17,21,24,28-29,34-43H2,1-2H3,(H,57,58,59)/b8-6+,14-12+,20-19+,23-22+,25-18+,27-26+,32-30+,33-31+/t44-,45-,48-,49?,50?,51+/m1/s1. The van der Waals surface area contributed by atoms with Crippen molar-refractivity contribution in [3.63, 3.8) is 0 Å². The summed E-state index contributed by atoms with van der Waals surface area (Å²) in [4.78, 5) is 25.4. The van der Waals surface area contributed by atoms with Crippen LogP contribution in [0.4, 0.5) is 0 Å². The van der Waals surface area contributed by atoms with E-state index in [1.165, 1.54) is 44.9 Å². The minimum absolute atomic E-state index is 0.0944. The number of rotatable bonds is 38. The van der Waals surface area contributed by atoms with Gasteiger partial charge in [-0.2, -0.15) is 8.42 Å². The zero-order chi connectivity index (χ0) is 46.9. The third-order valence-corrected chi connectivity index (χ3v) is 10.9. The second-order valence-electron chi connectivity index (χ2n) is 16.0. The van der Waals surface area contributed by atoms with Crippen LogP contribution in [-0.4, -0.2) is 96.0 Å². The second kappa shape index (κ2) is 39.9. The second-order valence-corrected chi connectivity index (χ2v) is 17.5. The van der Waals surface area contributed by atoms with Crippen molar-refractivity contribution in [1.29, 1.82) is 0 Å². The van der Waals surface area contributed by atoms with E-state index in [4.69, 9.17) is 18.9 Å². The van der Waals surface area contributed by atoms with Gasteiger partial charge in [0.2, 0.25) is 0 Å². The van der Waals surface area contributed by atoms with Crippen LogP contribution in [0.2, 0.25) is 0 Å². The van der Waals surface area contributed by atoms with Crippen molar-refractivity contribution in [1.82, 2.24) is 0 Å². The predicted octanol–water partition coefficient (Wildman–Crippen LogP) is 10.2. The van der Waals surface area contributed by atoms with Gasteiger partial charge in [0.05, 0.1) is 6.61 Å². The molecule has 0 saturated carbocycles. The van der Waals surface area contributed by atoms with Crippen molar-refractivity contribution in [3.8, 4) is 0 Å². The molecule has 1 fully saturated rings. The summed E-state index contributed by atoms with van der Waals surface area (Å²) in [7, 11) is -4.62. The summed E-state index contributed by atoms with van der Waals surface area (Å²) in [5.74, 6) is -2.13. The van der Waals surface area contributed by atoms with Crippen molar-refractivity contribution in [2.45, 2.75) is 192 Å². The number of aliphatic hydroxyl groups is 3. The number of aliphatic hydroxyl groups excluding tert-OH is 3. The van der Waals surface area contributed by atoms with Crippen LogP contribution in [0.25, 0.3) is 0 Å². The summed E-state index contributed by atoms with van der Waals surface area (Å²) >= 11 is 0. The SMILES string of the molecule is CC/C=C/C/C=C/C/C=C/C/C=C/CCCCC(=O)O[C@H](COC(=O)CCC/C=C/C/C=C/C/C=C/C/C=C/CCCCCCCCC)CO[C@H]1O[C@H](CS(=O)(=O)O)[C@@H](O)C(O)C1O. The first kappa shape index (κ1) is 58.6. The van der Waals surface area contributed by atoms with Crippen LogP contribution in [0.1, 0.15) is 155 Å². The molecule has 1 aliphatic heterocycles. The van der Waals surface area contributed by atoms with Gasteiger partial charge < -0.3 is 34.3 Å².